The monoisotopic (exact) mass is 285 g/mol. The Morgan fingerprint density at radius 2 is 2.06 bits per heavy atom. The van der Waals surface area contributed by atoms with Crippen LogP contribution in [-0.4, -0.2) is 36.3 Å². The van der Waals surface area contributed by atoms with E-state index in [2.05, 4.69) is 15.9 Å². The standard InChI is InChI=1S/C12H16BrNO2/c1-14(12(15)10-13)8-5-9-16-11-6-3-2-4-7-11/h2-4,6-7H,5,8-10H2,1H3. The zero-order valence-electron chi connectivity index (χ0n) is 9.36. The molecular formula is C12H16BrNO2. The number of ether oxygens (including phenoxy) is 1. The molecule has 0 aromatic heterocycles. The normalized spacial score (nSPS) is 9.88. The number of benzene rings is 1. The summed E-state index contributed by atoms with van der Waals surface area (Å²) in [6.07, 6.45) is 0.837. The number of hydrogen-bond acceptors (Lipinski definition) is 2. The number of carbonyl (C=O) groups excluding carboxylic acids is 1. The van der Waals surface area contributed by atoms with Crippen LogP contribution in [-0.2, 0) is 4.79 Å². The molecule has 0 spiro atoms. The van der Waals surface area contributed by atoms with Gasteiger partial charge >= 0.3 is 0 Å². The fourth-order valence-electron chi connectivity index (χ4n) is 1.24. The van der Waals surface area contributed by atoms with Gasteiger partial charge in [0, 0.05) is 13.6 Å². The van der Waals surface area contributed by atoms with E-state index in [-0.39, 0.29) is 5.91 Å². The van der Waals surface area contributed by atoms with Gasteiger partial charge in [-0.25, -0.2) is 0 Å². The topological polar surface area (TPSA) is 29.5 Å². The number of alkyl halides is 1. The van der Waals surface area contributed by atoms with Gasteiger partial charge < -0.3 is 9.64 Å². The lowest BCUT2D eigenvalue weighted by Crippen LogP contribution is -2.29. The fraction of sp³-hybridized carbons (Fsp3) is 0.417. The van der Waals surface area contributed by atoms with Crippen molar-refractivity contribution in [3.63, 3.8) is 0 Å². The molecule has 1 aromatic rings. The van der Waals surface area contributed by atoms with E-state index < -0.39 is 0 Å². The van der Waals surface area contributed by atoms with Gasteiger partial charge in [0.25, 0.3) is 0 Å². The van der Waals surface area contributed by atoms with Gasteiger partial charge in [0.15, 0.2) is 0 Å². The number of amides is 1. The molecule has 88 valence electrons. The first kappa shape index (κ1) is 13.0. The van der Waals surface area contributed by atoms with Crippen LogP contribution in [0, 0.1) is 0 Å². The Labute approximate surface area is 105 Å². The van der Waals surface area contributed by atoms with Gasteiger partial charge in [-0.1, -0.05) is 34.1 Å². The van der Waals surface area contributed by atoms with Gasteiger partial charge in [-0.3, -0.25) is 4.79 Å². The van der Waals surface area contributed by atoms with Gasteiger partial charge in [0.2, 0.25) is 5.91 Å². The van der Waals surface area contributed by atoms with E-state index in [0.29, 0.717) is 11.9 Å². The summed E-state index contributed by atoms with van der Waals surface area (Å²) >= 11 is 3.14. The summed E-state index contributed by atoms with van der Waals surface area (Å²) in [5.74, 6) is 0.969. The Bertz CT molecular complexity index is 316. The minimum Gasteiger partial charge on any atom is -0.494 e. The Morgan fingerprint density at radius 3 is 2.69 bits per heavy atom. The SMILES string of the molecule is CN(CCCOc1ccccc1)C(=O)CBr. The van der Waals surface area contributed by atoms with Crippen LogP contribution in [0.4, 0.5) is 0 Å². The lowest BCUT2D eigenvalue weighted by atomic mass is 10.3. The first-order valence-corrected chi connectivity index (χ1v) is 6.34. The maximum atomic E-state index is 11.2. The van der Waals surface area contributed by atoms with E-state index in [1.54, 1.807) is 11.9 Å². The number of halogens is 1. The van der Waals surface area contributed by atoms with Crippen LogP contribution in [0.25, 0.3) is 0 Å². The summed E-state index contributed by atoms with van der Waals surface area (Å²) in [7, 11) is 1.80. The molecule has 0 saturated heterocycles. The molecule has 0 unspecified atom stereocenters. The second-order valence-electron chi connectivity index (χ2n) is 3.46. The zero-order chi connectivity index (χ0) is 11.8. The Balaban J connectivity index is 2.15. The highest BCUT2D eigenvalue weighted by Crippen LogP contribution is 2.08. The highest BCUT2D eigenvalue weighted by molar-refractivity contribution is 9.09. The lowest BCUT2D eigenvalue weighted by Gasteiger charge is -2.15. The third kappa shape index (κ3) is 4.66. The van der Waals surface area contributed by atoms with Crippen molar-refractivity contribution >= 4 is 21.8 Å². The first-order chi connectivity index (χ1) is 7.74. The molecule has 4 heteroatoms. The quantitative estimate of drug-likeness (QED) is 0.593. The molecule has 1 amide bonds. The second kappa shape index (κ2) is 7.28. The fourth-order valence-corrected chi connectivity index (χ4v) is 1.66. The van der Waals surface area contributed by atoms with Crippen LogP contribution in [0.15, 0.2) is 30.3 Å². The average molecular weight is 286 g/mol. The summed E-state index contributed by atoms with van der Waals surface area (Å²) in [6.45, 7) is 1.35. The van der Waals surface area contributed by atoms with Crippen molar-refractivity contribution in [1.29, 1.82) is 0 Å². The van der Waals surface area contributed by atoms with Crippen LogP contribution in [0.1, 0.15) is 6.42 Å². The minimum absolute atomic E-state index is 0.0970. The van der Waals surface area contributed by atoms with E-state index in [1.807, 2.05) is 30.3 Å². The Morgan fingerprint density at radius 1 is 1.38 bits per heavy atom. The molecule has 1 aromatic carbocycles. The van der Waals surface area contributed by atoms with Crippen molar-refractivity contribution in [2.24, 2.45) is 0 Å². The maximum absolute atomic E-state index is 11.2. The zero-order valence-corrected chi connectivity index (χ0v) is 10.9. The van der Waals surface area contributed by atoms with Gasteiger partial charge in [0.1, 0.15) is 5.75 Å². The van der Waals surface area contributed by atoms with E-state index in [0.717, 1.165) is 18.7 Å². The van der Waals surface area contributed by atoms with Crippen LogP contribution in [0.5, 0.6) is 5.75 Å². The second-order valence-corrected chi connectivity index (χ2v) is 4.02. The molecule has 0 fully saturated rings. The van der Waals surface area contributed by atoms with Crippen LogP contribution >= 0.6 is 15.9 Å². The molecule has 0 heterocycles. The molecule has 0 radical (unpaired) electrons. The molecule has 3 nitrogen and oxygen atoms in total. The van der Waals surface area contributed by atoms with Crippen molar-refractivity contribution in [3.8, 4) is 5.75 Å². The largest absolute Gasteiger partial charge is 0.494 e. The smallest absolute Gasteiger partial charge is 0.232 e. The number of hydrogen-bond donors (Lipinski definition) is 0. The average Bonchev–Trinajstić information content (AvgIpc) is 2.34. The van der Waals surface area contributed by atoms with E-state index in [4.69, 9.17) is 4.74 Å². The summed E-state index contributed by atoms with van der Waals surface area (Å²) in [6, 6.07) is 9.68. The van der Waals surface area contributed by atoms with Crippen molar-refractivity contribution in [2.75, 3.05) is 25.5 Å². The number of carbonyl (C=O) groups is 1. The first-order valence-electron chi connectivity index (χ1n) is 5.22. The van der Waals surface area contributed by atoms with E-state index >= 15 is 0 Å². The molecular weight excluding hydrogens is 270 g/mol. The van der Waals surface area contributed by atoms with Gasteiger partial charge in [-0.2, -0.15) is 0 Å². The van der Waals surface area contributed by atoms with Crippen molar-refractivity contribution < 1.29 is 9.53 Å². The van der Waals surface area contributed by atoms with Gasteiger partial charge in [-0.05, 0) is 18.6 Å². The van der Waals surface area contributed by atoms with Crippen LogP contribution < -0.4 is 4.74 Å². The third-order valence-corrected chi connectivity index (χ3v) is 2.67. The highest BCUT2D eigenvalue weighted by Gasteiger charge is 2.05. The number of para-hydroxylation sites is 1. The maximum Gasteiger partial charge on any atom is 0.232 e. The van der Waals surface area contributed by atoms with Gasteiger partial charge in [0.05, 0.1) is 11.9 Å². The lowest BCUT2D eigenvalue weighted by molar-refractivity contribution is -0.127. The Kier molecular flexibility index (Phi) is 5.93. The summed E-state index contributed by atoms with van der Waals surface area (Å²) in [4.78, 5) is 12.9. The predicted octanol–water partition coefficient (Wildman–Crippen LogP) is 2.31. The van der Waals surface area contributed by atoms with E-state index in [9.17, 15) is 4.79 Å². The van der Waals surface area contributed by atoms with E-state index in [1.165, 1.54) is 0 Å². The summed E-state index contributed by atoms with van der Waals surface area (Å²) in [5, 5.41) is 0.378. The molecule has 0 saturated carbocycles. The van der Waals surface area contributed by atoms with Crippen LogP contribution in [0.3, 0.4) is 0 Å². The minimum atomic E-state index is 0.0970. The predicted molar refractivity (Wildman–Crippen MR) is 68.0 cm³/mol. The van der Waals surface area contributed by atoms with Crippen molar-refractivity contribution in [2.45, 2.75) is 6.42 Å². The third-order valence-electron chi connectivity index (χ3n) is 2.19. The molecule has 1 rings (SSSR count). The Hall–Kier alpha value is -1.03. The molecule has 0 aliphatic carbocycles. The number of nitrogens with zero attached hydrogens (tertiary/aromatic N) is 1. The molecule has 0 atom stereocenters. The summed E-state index contributed by atoms with van der Waals surface area (Å²) < 4.78 is 5.52. The molecule has 0 aliphatic heterocycles. The van der Waals surface area contributed by atoms with Crippen LogP contribution in [0.2, 0.25) is 0 Å². The highest BCUT2D eigenvalue weighted by atomic mass is 79.9. The molecule has 0 bridgehead atoms. The molecule has 0 aliphatic rings. The van der Waals surface area contributed by atoms with Crippen molar-refractivity contribution in [3.05, 3.63) is 30.3 Å². The molecule has 16 heavy (non-hydrogen) atoms. The van der Waals surface area contributed by atoms with Gasteiger partial charge in [-0.15, -0.1) is 0 Å². The number of rotatable bonds is 6. The summed E-state index contributed by atoms with van der Waals surface area (Å²) in [5.41, 5.74) is 0. The van der Waals surface area contributed by atoms with Crippen molar-refractivity contribution in [1.82, 2.24) is 4.90 Å². The molecule has 0 N–H and O–H groups in total.